The standard InChI is InChI=1S/C14H13BrFNO2/c1-18-13-5-3-2-4-9(13)8-19-14-7-11(16)10(15)6-12(14)17/h2-7H,8,17H2,1H3. The Morgan fingerprint density at radius 1 is 1.21 bits per heavy atom. The zero-order valence-electron chi connectivity index (χ0n) is 10.3. The van der Waals surface area contributed by atoms with Crippen LogP contribution in [0, 0.1) is 5.82 Å². The minimum absolute atomic E-state index is 0.259. The summed E-state index contributed by atoms with van der Waals surface area (Å²) in [4.78, 5) is 0. The van der Waals surface area contributed by atoms with Gasteiger partial charge in [-0.3, -0.25) is 0 Å². The van der Waals surface area contributed by atoms with Gasteiger partial charge in [0.1, 0.15) is 23.9 Å². The molecule has 100 valence electrons. The maximum absolute atomic E-state index is 13.4. The largest absolute Gasteiger partial charge is 0.496 e. The summed E-state index contributed by atoms with van der Waals surface area (Å²) in [6.07, 6.45) is 0. The summed E-state index contributed by atoms with van der Waals surface area (Å²) in [5, 5.41) is 0. The molecule has 0 heterocycles. The molecule has 0 unspecified atom stereocenters. The predicted octanol–water partition coefficient (Wildman–Crippen LogP) is 3.76. The highest BCUT2D eigenvalue weighted by atomic mass is 79.9. The number of methoxy groups -OCH3 is 1. The average Bonchev–Trinajstić information content (AvgIpc) is 2.41. The number of para-hydroxylation sites is 1. The van der Waals surface area contributed by atoms with Crippen LogP contribution in [-0.2, 0) is 6.61 Å². The summed E-state index contributed by atoms with van der Waals surface area (Å²) in [5.74, 6) is 0.620. The molecule has 3 nitrogen and oxygen atoms in total. The van der Waals surface area contributed by atoms with Crippen molar-refractivity contribution in [3.05, 3.63) is 52.3 Å². The van der Waals surface area contributed by atoms with Crippen LogP contribution in [0.3, 0.4) is 0 Å². The van der Waals surface area contributed by atoms with Crippen LogP contribution in [0.5, 0.6) is 11.5 Å². The molecule has 0 bridgehead atoms. The van der Waals surface area contributed by atoms with Gasteiger partial charge in [-0.1, -0.05) is 18.2 Å². The highest BCUT2D eigenvalue weighted by Crippen LogP contribution is 2.29. The molecule has 0 aliphatic rings. The van der Waals surface area contributed by atoms with Crippen LogP contribution in [0.15, 0.2) is 40.9 Å². The number of hydrogen-bond donors (Lipinski definition) is 1. The molecule has 0 saturated heterocycles. The number of rotatable bonds is 4. The van der Waals surface area contributed by atoms with E-state index in [0.29, 0.717) is 15.9 Å². The van der Waals surface area contributed by atoms with Crippen molar-refractivity contribution in [3.8, 4) is 11.5 Å². The van der Waals surface area contributed by atoms with Gasteiger partial charge in [0, 0.05) is 11.6 Å². The molecule has 0 fully saturated rings. The fraction of sp³-hybridized carbons (Fsp3) is 0.143. The van der Waals surface area contributed by atoms with Gasteiger partial charge in [-0.05, 0) is 28.1 Å². The number of nitrogens with two attached hydrogens (primary N) is 1. The van der Waals surface area contributed by atoms with E-state index in [4.69, 9.17) is 15.2 Å². The second-order valence-corrected chi connectivity index (χ2v) is 4.76. The van der Waals surface area contributed by atoms with E-state index in [2.05, 4.69) is 15.9 Å². The Morgan fingerprint density at radius 2 is 1.95 bits per heavy atom. The minimum atomic E-state index is -0.413. The van der Waals surface area contributed by atoms with Gasteiger partial charge in [0.15, 0.2) is 0 Å². The average molecular weight is 326 g/mol. The first-order valence-corrected chi connectivity index (χ1v) is 6.40. The van der Waals surface area contributed by atoms with Crippen LogP contribution in [0.2, 0.25) is 0 Å². The van der Waals surface area contributed by atoms with Crippen molar-refractivity contribution in [2.75, 3.05) is 12.8 Å². The number of anilines is 1. The first kappa shape index (κ1) is 13.7. The fourth-order valence-electron chi connectivity index (χ4n) is 1.65. The summed E-state index contributed by atoms with van der Waals surface area (Å²) in [6.45, 7) is 0.259. The van der Waals surface area contributed by atoms with Gasteiger partial charge in [0.25, 0.3) is 0 Å². The Kier molecular flexibility index (Phi) is 4.27. The summed E-state index contributed by atoms with van der Waals surface area (Å²) in [7, 11) is 1.59. The molecular weight excluding hydrogens is 313 g/mol. The number of nitrogen functional groups attached to an aromatic ring is 1. The molecule has 2 aromatic carbocycles. The van der Waals surface area contributed by atoms with E-state index < -0.39 is 5.82 Å². The van der Waals surface area contributed by atoms with Crippen molar-refractivity contribution in [1.82, 2.24) is 0 Å². The lowest BCUT2D eigenvalue weighted by Gasteiger charge is -2.12. The summed E-state index contributed by atoms with van der Waals surface area (Å²) < 4.78 is 24.5. The Bertz CT molecular complexity index is 590. The second kappa shape index (κ2) is 5.93. The minimum Gasteiger partial charge on any atom is -0.496 e. The molecule has 0 aliphatic heterocycles. The number of benzene rings is 2. The van der Waals surface area contributed by atoms with E-state index >= 15 is 0 Å². The summed E-state index contributed by atoms with van der Waals surface area (Å²) in [6, 6.07) is 10.2. The van der Waals surface area contributed by atoms with Gasteiger partial charge in [0.2, 0.25) is 0 Å². The van der Waals surface area contributed by atoms with Crippen molar-refractivity contribution in [2.45, 2.75) is 6.61 Å². The second-order valence-electron chi connectivity index (χ2n) is 3.90. The molecule has 0 radical (unpaired) electrons. The quantitative estimate of drug-likeness (QED) is 0.870. The Hall–Kier alpha value is -1.75. The Balaban J connectivity index is 2.17. The number of ether oxygens (including phenoxy) is 2. The molecule has 5 heteroatoms. The molecule has 0 spiro atoms. The smallest absolute Gasteiger partial charge is 0.145 e. The molecule has 0 aliphatic carbocycles. The highest BCUT2D eigenvalue weighted by molar-refractivity contribution is 9.10. The number of hydrogen-bond acceptors (Lipinski definition) is 3. The van der Waals surface area contributed by atoms with Crippen molar-refractivity contribution in [3.63, 3.8) is 0 Å². The third-order valence-electron chi connectivity index (χ3n) is 2.63. The first-order valence-electron chi connectivity index (χ1n) is 5.61. The monoisotopic (exact) mass is 325 g/mol. The lowest BCUT2D eigenvalue weighted by Crippen LogP contribution is -2.01. The molecule has 19 heavy (non-hydrogen) atoms. The molecule has 0 amide bonds. The maximum atomic E-state index is 13.4. The van der Waals surface area contributed by atoms with Crippen LogP contribution in [0.1, 0.15) is 5.56 Å². The highest BCUT2D eigenvalue weighted by Gasteiger charge is 2.08. The van der Waals surface area contributed by atoms with E-state index in [-0.39, 0.29) is 6.61 Å². The van der Waals surface area contributed by atoms with Crippen LogP contribution in [-0.4, -0.2) is 7.11 Å². The molecule has 2 rings (SSSR count). The zero-order valence-corrected chi connectivity index (χ0v) is 11.9. The first-order chi connectivity index (χ1) is 9.11. The third kappa shape index (κ3) is 3.17. The molecule has 0 saturated carbocycles. The van der Waals surface area contributed by atoms with Crippen LogP contribution in [0.4, 0.5) is 10.1 Å². The SMILES string of the molecule is COc1ccccc1COc1cc(F)c(Br)cc1N. The third-order valence-corrected chi connectivity index (χ3v) is 3.24. The molecule has 0 atom stereocenters. The van der Waals surface area contributed by atoms with E-state index in [1.807, 2.05) is 24.3 Å². The molecular formula is C14H13BrFNO2. The van der Waals surface area contributed by atoms with Crippen LogP contribution in [0.25, 0.3) is 0 Å². The van der Waals surface area contributed by atoms with Gasteiger partial charge < -0.3 is 15.2 Å². The van der Waals surface area contributed by atoms with E-state index in [1.165, 1.54) is 12.1 Å². The summed E-state index contributed by atoms with van der Waals surface area (Å²) in [5.41, 5.74) is 7.02. The van der Waals surface area contributed by atoms with Crippen LogP contribution >= 0.6 is 15.9 Å². The maximum Gasteiger partial charge on any atom is 0.145 e. The molecule has 2 aromatic rings. The fourth-order valence-corrected chi connectivity index (χ4v) is 2.01. The van der Waals surface area contributed by atoms with E-state index in [1.54, 1.807) is 7.11 Å². The van der Waals surface area contributed by atoms with E-state index in [9.17, 15) is 4.39 Å². The van der Waals surface area contributed by atoms with Gasteiger partial charge in [-0.25, -0.2) is 4.39 Å². The van der Waals surface area contributed by atoms with Crippen molar-refractivity contribution in [1.29, 1.82) is 0 Å². The van der Waals surface area contributed by atoms with Crippen LogP contribution < -0.4 is 15.2 Å². The van der Waals surface area contributed by atoms with Gasteiger partial charge >= 0.3 is 0 Å². The molecule has 2 N–H and O–H groups in total. The zero-order chi connectivity index (χ0) is 13.8. The van der Waals surface area contributed by atoms with Gasteiger partial charge in [-0.15, -0.1) is 0 Å². The predicted molar refractivity (Wildman–Crippen MR) is 75.8 cm³/mol. The topological polar surface area (TPSA) is 44.5 Å². The van der Waals surface area contributed by atoms with Crippen molar-refractivity contribution < 1.29 is 13.9 Å². The van der Waals surface area contributed by atoms with Crippen molar-refractivity contribution >= 4 is 21.6 Å². The normalized spacial score (nSPS) is 10.3. The summed E-state index contributed by atoms with van der Waals surface area (Å²) >= 11 is 3.07. The van der Waals surface area contributed by atoms with Gasteiger partial charge in [-0.2, -0.15) is 0 Å². The Labute approximate surface area is 119 Å². The Morgan fingerprint density at radius 3 is 2.68 bits per heavy atom. The number of halogens is 2. The molecule has 0 aromatic heterocycles. The lowest BCUT2D eigenvalue weighted by molar-refractivity contribution is 0.297. The van der Waals surface area contributed by atoms with Crippen molar-refractivity contribution in [2.24, 2.45) is 0 Å². The van der Waals surface area contributed by atoms with Gasteiger partial charge in [0.05, 0.1) is 17.3 Å². The van der Waals surface area contributed by atoms with E-state index in [0.717, 1.165) is 11.3 Å². The lowest BCUT2D eigenvalue weighted by atomic mass is 10.2.